The minimum atomic E-state index is -0.260. The van der Waals surface area contributed by atoms with Crippen molar-refractivity contribution in [1.29, 1.82) is 0 Å². The number of amides is 1. The lowest BCUT2D eigenvalue weighted by atomic mass is 10.2. The summed E-state index contributed by atoms with van der Waals surface area (Å²) < 4.78 is 1.71. The maximum Gasteiger partial charge on any atom is 0.270 e. The molecule has 0 aliphatic carbocycles. The highest BCUT2D eigenvalue weighted by molar-refractivity contribution is 6.35. The summed E-state index contributed by atoms with van der Waals surface area (Å²) >= 11 is 6.20. The van der Waals surface area contributed by atoms with E-state index < -0.39 is 0 Å². The van der Waals surface area contributed by atoms with Crippen LogP contribution in [0.3, 0.4) is 0 Å². The molecule has 2 heterocycles. The highest BCUT2D eigenvalue weighted by Gasteiger charge is 2.11. The molecule has 0 aliphatic rings. The van der Waals surface area contributed by atoms with Crippen molar-refractivity contribution in [1.82, 2.24) is 20.1 Å². The Morgan fingerprint density at radius 3 is 2.90 bits per heavy atom. The maximum atomic E-state index is 12.2. The number of nitrogens with zero attached hydrogens (tertiary/aromatic N) is 3. The molecule has 0 atom stereocenters. The fourth-order valence-electron chi connectivity index (χ4n) is 2.09. The van der Waals surface area contributed by atoms with Gasteiger partial charge in [0.05, 0.1) is 22.8 Å². The van der Waals surface area contributed by atoms with Gasteiger partial charge in [0, 0.05) is 18.6 Å². The van der Waals surface area contributed by atoms with E-state index in [1.165, 1.54) is 0 Å². The zero-order valence-electron chi connectivity index (χ0n) is 11.4. The fraction of sp³-hybridized carbons (Fsp3) is 0.133. The second-order valence-electron chi connectivity index (χ2n) is 4.64. The molecular weight excluding hydrogens is 288 g/mol. The van der Waals surface area contributed by atoms with Crippen LogP contribution in [0.2, 0.25) is 5.02 Å². The van der Waals surface area contributed by atoms with E-state index in [0.29, 0.717) is 22.8 Å². The Hall–Kier alpha value is -2.40. The lowest BCUT2D eigenvalue weighted by molar-refractivity contribution is 0.0945. The van der Waals surface area contributed by atoms with Gasteiger partial charge < -0.3 is 5.32 Å². The number of pyridine rings is 1. The molecule has 0 spiro atoms. The zero-order valence-corrected chi connectivity index (χ0v) is 12.1. The van der Waals surface area contributed by atoms with Crippen molar-refractivity contribution in [2.45, 2.75) is 6.54 Å². The lowest BCUT2D eigenvalue weighted by Gasteiger charge is -2.07. The molecule has 5 nitrogen and oxygen atoms in total. The van der Waals surface area contributed by atoms with E-state index in [4.69, 9.17) is 11.6 Å². The van der Waals surface area contributed by atoms with Crippen LogP contribution in [-0.4, -0.2) is 20.7 Å². The molecule has 1 amide bonds. The molecule has 0 radical (unpaired) electrons. The van der Waals surface area contributed by atoms with Crippen molar-refractivity contribution < 1.29 is 4.79 Å². The quantitative estimate of drug-likeness (QED) is 0.808. The van der Waals surface area contributed by atoms with Crippen LogP contribution in [0.5, 0.6) is 0 Å². The maximum absolute atomic E-state index is 12.2. The minimum absolute atomic E-state index is 0.260. The summed E-state index contributed by atoms with van der Waals surface area (Å²) in [6, 6.07) is 10.9. The fourth-order valence-corrected chi connectivity index (χ4v) is 2.35. The molecular formula is C15H13ClN4O. The minimum Gasteiger partial charge on any atom is -0.345 e. The van der Waals surface area contributed by atoms with Crippen LogP contribution in [0, 0.1) is 0 Å². The molecule has 1 aromatic carbocycles. The Balaban J connectivity index is 1.83. The van der Waals surface area contributed by atoms with Crippen molar-refractivity contribution in [3.05, 3.63) is 59.0 Å². The smallest absolute Gasteiger partial charge is 0.270 e. The summed E-state index contributed by atoms with van der Waals surface area (Å²) in [4.78, 5) is 16.5. The number of fused-ring (bicyclic) bond motifs is 1. The van der Waals surface area contributed by atoms with E-state index in [-0.39, 0.29) is 5.91 Å². The van der Waals surface area contributed by atoms with E-state index in [1.807, 2.05) is 37.4 Å². The molecule has 1 N–H and O–H groups in total. The molecule has 0 aliphatic heterocycles. The second kappa shape index (κ2) is 5.54. The summed E-state index contributed by atoms with van der Waals surface area (Å²) in [5.74, 6) is -0.260. The largest absolute Gasteiger partial charge is 0.345 e. The van der Waals surface area contributed by atoms with Gasteiger partial charge >= 0.3 is 0 Å². The molecule has 0 unspecified atom stereocenters. The average molecular weight is 301 g/mol. The summed E-state index contributed by atoms with van der Waals surface area (Å²) in [6.07, 6.45) is 1.69. The van der Waals surface area contributed by atoms with Gasteiger partial charge in [-0.3, -0.25) is 9.48 Å². The Kier molecular flexibility index (Phi) is 3.58. The van der Waals surface area contributed by atoms with Gasteiger partial charge in [-0.1, -0.05) is 29.8 Å². The number of hydrogen-bond donors (Lipinski definition) is 1. The van der Waals surface area contributed by atoms with E-state index in [2.05, 4.69) is 15.4 Å². The first-order chi connectivity index (χ1) is 10.1. The number of hydrogen-bond acceptors (Lipinski definition) is 3. The van der Waals surface area contributed by atoms with Gasteiger partial charge in [0.1, 0.15) is 5.69 Å². The molecule has 21 heavy (non-hydrogen) atoms. The van der Waals surface area contributed by atoms with Gasteiger partial charge in [0.25, 0.3) is 5.91 Å². The lowest BCUT2D eigenvalue weighted by Crippen LogP contribution is -2.25. The summed E-state index contributed by atoms with van der Waals surface area (Å²) in [5, 5.41) is 8.22. The van der Waals surface area contributed by atoms with Gasteiger partial charge in [0.2, 0.25) is 0 Å². The van der Waals surface area contributed by atoms with Crippen molar-refractivity contribution in [2.24, 2.45) is 7.05 Å². The Bertz CT molecular complexity index is 812. The first kappa shape index (κ1) is 13.6. The normalized spacial score (nSPS) is 10.8. The number of aryl methyl sites for hydroxylation is 1. The number of nitrogens with one attached hydrogen (secondary N) is 1. The number of halogens is 1. The highest BCUT2D eigenvalue weighted by atomic mass is 35.5. The average Bonchev–Trinajstić information content (AvgIpc) is 2.90. The third-order valence-corrected chi connectivity index (χ3v) is 3.56. The molecule has 0 saturated carbocycles. The van der Waals surface area contributed by atoms with Crippen molar-refractivity contribution >= 4 is 28.4 Å². The summed E-state index contributed by atoms with van der Waals surface area (Å²) in [7, 11) is 1.83. The van der Waals surface area contributed by atoms with Crippen molar-refractivity contribution in [3.63, 3.8) is 0 Å². The second-order valence-corrected chi connectivity index (χ2v) is 5.04. The summed E-state index contributed by atoms with van der Waals surface area (Å²) in [6.45, 7) is 0.390. The van der Waals surface area contributed by atoms with Crippen LogP contribution in [0.1, 0.15) is 16.2 Å². The SMILES string of the molecule is Cn1nccc1CNC(=O)c1cc(Cl)c2ccccc2n1. The Morgan fingerprint density at radius 2 is 2.14 bits per heavy atom. The van der Waals surface area contributed by atoms with Crippen molar-refractivity contribution in [3.8, 4) is 0 Å². The van der Waals surface area contributed by atoms with Crippen LogP contribution in [0.15, 0.2) is 42.6 Å². The molecule has 0 saturated heterocycles. The van der Waals surface area contributed by atoms with Gasteiger partial charge in [-0.15, -0.1) is 0 Å². The number of carbonyl (C=O) groups excluding carboxylic acids is 1. The van der Waals surface area contributed by atoms with Crippen LogP contribution < -0.4 is 5.32 Å². The molecule has 3 rings (SSSR count). The molecule has 0 fully saturated rings. The number of benzene rings is 1. The molecule has 106 valence electrons. The van der Waals surface area contributed by atoms with Crippen LogP contribution >= 0.6 is 11.6 Å². The van der Waals surface area contributed by atoms with Gasteiger partial charge in [-0.2, -0.15) is 5.10 Å². The zero-order chi connectivity index (χ0) is 14.8. The third kappa shape index (κ3) is 2.73. The topological polar surface area (TPSA) is 59.8 Å². The van der Waals surface area contributed by atoms with E-state index in [9.17, 15) is 4.79 Å². The highest BCUT2D eigenvalue weighted by Crippen LogP contribution is 2.22. The van der Waals surface area contributed by atoms with E-state index in [0.717, 1.165) is 11.1 Å². The first-order valence-corrected chi connectivity index (χ1v) is 6.83. The molecule has 3 aromatic rings. The standard InChI is InChI=1S/C15H13ClN4O/c1-20-10(6-7-18-20)9-17-15(21)14-8-12(16)11-4-2-3-5-13(11)19-14/h2-8H,9H2,1H3,(H,17,21). The predicted molar refractivity (Wildman–Crippen MR) is 81.1 cm³/mol. The van der Waals surface area contributed by atoms with Crippen LogP contribution in [0.4, 0.5) is 0 Å². The van der Waals surface area contributed by atoms with Crippen LogP contribution in [-0.2, 0) is 13.6 Å². The Morgan fingerprint density at radius 1 is 1.33 bits per heavy atom. The molecule has 0 bridgehead atoms. The van der Waals surface area contributed by atoms with Gasteiger partial charge in [-0.25, -0.2) is 4.98 Å². The number of carbonyl (C=O) groups is 1. The van der Waals surface area contributed by atoms with E-state index >= 15 is 0 Å². The van der Waals surface area contributed by atoms with E-state index in [1.54, 1.807) is 16.9 Å². The first-order valence-electron chi connectivity index (χ1n) is 6.45. The predicted octanol–water partition coefficient (Wildman–Crippen LogP) is 2.55. The molecule has 2 aromatic heterocycles. The van der Waals surface area contributed by atoms with Crippen LogP contribution in [0.25, 0.3) is 10.9 Å². The third-order valence-electron chi connectivity index (χ3n) is 3.25. The number of aromatic nitrogens is 3. The van der Waals surface area contributed by atoms with Crippen molar-refractivity contribution in [2.75, 3.05) is 0 Å². The summed E-state index contributed by atoms with van der Waals surface area (Å²) in [5.41, 5.74) is 1.92. The Labute approximate surface area is 126 Å². The molecule has 6 heteroatoms. The number of rotatable bonds is 3. The number of para-hydroxylation sites is 1. The van der Waals surface area contributed by atoms with Gasteiger partial charge in [-0.05, 0) is 18.2 Å². The monoisotopic (exact) mass is 300 g/mol. The van der Waals surface area contributed by atoms with Gasteiger partial charge in [0.15, 0.2) is 0 Å².